The molecule has 2 aromatic carbocycles. The molecule has 136 valence electrons. The average molecular weight is 417 g/mol. The Morgan fingerprint density at radius 2 is 1.89 bits per heavy atom. The van der Waals surface area contributed by atoms with Crippen molar-refractivity contribution in [3.05, 3.63) is 86.0 Å². The molecule has 0 bridgehead atoms. The predicted molar refractivity (Wildman–Crippen MR) is 109 cm³/mol. The number of amides is 2. The zero-order valence-electron chi connectivity index (χ0n) is 14.0. The number of carbonyl (C=O) groups excluding carboxylic acids is 2. The number of hydrogen-bond donors (Lipinski definition) is 1. The van der Waals surface area contributed by atoms with E-state index in [2.05, 4.69) is 5.32 Å². The van der Waals surface area contributed by atoms with Crippen molar-refractivity contribution in [2.24, 2.45) is 0 Å². The van der Waals surface area contributed by atoms with Crippen molar-refractivity contribution in [2.75, 3.05) is 11.9 Å². The first kappa shape index (κ1) is 18.0. The summed E-state index contributed by atoms with van der Waals surface area (Å²) in [5, 5.41) is 5.83. The van der Waals surface area contributed by atoms with Crippen LogP contribution >= 0.6 is 34.5 Å². The van der Waals surface area contributed by atoms with Crippen LogP contribution in [0.25, 0.3) is 0 Å². The lowest BCUT2D eigenvalue weighted by Crippen LogP contribution is -2.38. The Kier molecular flexibility index (Phi) is 4.91. The fourth-order valence-electron chi connectivity index (χ4n) is 3.21. The molecule has 0 spiro atoms. The number of thiophene rings is 1. The van der Waals surface area contributed by atoms with Gasteiger partial charge in [0.15, 0.2) is 0 Å². The summed E-state index contributed by atoms with van der Waals surface area (Å²) in [6.07, 6.45) is 0. The Hall–Kier alpha value is -2.34. The van der Waals surface area contributed by atoms with Crippen LogP contribution in [0.1, 0.15) is 26.8 Å². The maximum atomic E-state index is 13.3. The number of benzene rings is 2. The van der Waals surface area contributed by atoms with Crippen LogP contribution < -0.4 is 5.32 Å². The lowest BCUT2D eigenvalue weighted by Gasteiger charge is -2.29. The minimum absolute atomic E-state index is 0.0692. The molecular formula is C20H14Cl2N2O2S. The van der Waals surface area contributed by atoms with E-state index < -0.39 is 6.04 Å². The van der Waals surface area contributed by atoms with Crippen molar-refractivity contribution in [1.29, 1.82) is 0 Å². The van der Waals surface area contributed by atoms with Gasteiger partial charge in [-0.15, -0.1) is 11.3 Å². The van der Waals surface area contributed by atoms with Gasteiger partial charge >= 0.3 is 0 Å². The molecule has 0 radical (unpaired) electrons. The monoisotopic (exact) mass is 416 g/mol. The Morgan fingerprint density at radius 1 is 1.07 bits per heavy atom. The molecule has 1 unspecified atom stereocenters. The predicted octanol–water partition coefficient (Wildman–Crippen LogP) is 5.24. The van der Waals surface area contributed by atoms with Crippen LogP contribution in [0.4, 0.5) is 5.69 Å². The Balaban J connectivity index is 1.88. The van der Waals surface area contributed by atoms with E-state index in [1.54, 1.807) is 47.4 Å². The molecule has 4 nitrogen and oxygen atoms in total. The maximum Gasteiger partial charge on any atom is 0.255 e. The van der Waals surface area contributed by atoms with E-state index in [1.165, 1.54) is 11.3 Å². The Bertz CT molecular complexity index is 1020. The van der Waals surface area contributed by atoms with Crippen LogP contribution in [0.5, 0.6) is 0 Å². The van der Waals surface area contributed by atoms with E-state index in [1.807, 2.05) is 17.5 Å². The molecule has 1 N–H and O–H groups in total. The van der Waals surface area contributed by atoms with Gasteiger partial charge in [0.25, 0.3) is 5.91 Å². The molecule has 4 rings (SSSR count). The summed E-state index contributed by atoms with van der Waals surface area (Å²) in [4.78, 5) is 28.3. The van der Waals surface area contributed by atoms with E-state index in [0.29, 0.717) is 21.3 Å². The third kappa shape index (κ3) is 3.58. The standard InChI is InChI=1S/C20H14Cl2N2O2S/c21-13-4-1-3-12(9-13)20(26)24-11-18(25)23-16-7-6-14(22)10-15(16)19(24)17-5-2-8-27-17/h1-10,19H,11H2,(H,23,25). The summed E-state index contributed by atoms with van der Waals surface area (Å²) in [7, 11) is 0. The molecular weight excluding hydrogens is 403 g/mol. The highest BCUT2D eigenvalue weighted by atomic mass is 35.5. The third-order valence-electron chi connectivity index (χ3n) is 4.35. The third-order valence-corrected chi connectivity index (χ3v) is 5.75. The van der Waals surface area contributed by atoms with Crippen molar-refractivity contribution in [1.82, 2.24) is 4.90 Å². The van der Waals surface area contributed by atoms with Gasteiger partial charge in [0, 0.05) is 31.7 Å². The molecule has 0 saturated heterocycles. The van der Waals surface area contributed by atoms with Crippen molar-refractivity contribution in [3.8, 4) is 0 Å². The summed E-state index contributed by atoms with van der Waals surface area (Å²) in [5.74, 6) is -0.521. The second kappa shape index (κ2) is 7.35. The summed E-state index contributed by atoms with van der Waals surface area (Å²) >= 11 is 13.8. The van der Waals surface area contributed by atoms with Crippen molar-refractivity contribution < 1.29 is 9.59 Å². The SMILES string of the molecule is O=C1CN(C(=O)c2cccc(Cl)c2)C(c2cccs2)c2cc(Cl)ccc2N1. The second-order valence-corrected chi connectivity index (χ2v) is 7.99. The lowest BCUT2D eigenvalue weighted by molar-refractivity contribution is -0.117. The summed E-state index contributed by atoms with van der Waals surface area (Å²) in [6, 6.07) is 15.5. The van der Waals surface area contributed by atoms with E-state index >= 15 is 0 Å². The topological polar surface area (TPSA) is 49.4 Å². The fourth-order valence-corrected chi connectivity index (χ4v) is 4.43. The van der Waals surface area contributed by atoms with Gasteiger partial charge < -0.3 is 10.2 Å². The van der Waals surface area contributed by atoms with E-state index in [9.17, 15) is 9.59 Å². The molecule has 27 heavy (non-hydrogen) atoms. The maximum absolute atomic E-state index is 13.3. The van der Waals surface area contributed by atoms with E-state index in [0.717, 1.165) is 10.4 Å². The van der Waals surface area contributed by atoms with Gasteiger partial charge in [-0.2, -0.15) is 0 Å². The second-order valence-electron chi connectivity index (χ2n) is 6.14. The van der Waals surface area contributed by atoms with Gasteiger partial charge in [0.05, 0.1) is 6.04 Å². The molecule has 0 aliphatic carbocycles. The molecule has 1 aliphatic rings. The van der Waals surface area contributed by atoms with Gasteiger partial charge in [-0.05, 0) is 47.8 Å². The quantitative estimate of drug-likeness (QED) is 0.620. The molecule has 7 heteroatoms. The molecule has 2 amide bonds. The average Bonchev–Trinajstić information content (AvgIpc) is 3.12. The minimum Gasteiger partial charge on any atom is -0.324 e. The highest BCUT2D eigenvalue weighted by Gasteiger charge is 2.34. The first-order valence-corrected chi connectivity index (χ1v) is 9.86. The summed E-state index contributed by atoms with van der Waals surface area (Å²) in [5.41, 5.74) is 1.87. The van der Waals surface area contributed by atoms with Gasteiger partial charge in [0.2, 0.25) is 5.91 Å². The molecule has 1 atom stereocenters. The fraction of sp³-hybridized carbons (Fsp3) is 0.100. The first-order chi connectivity index (χ1) is 13.0. The number of fused-ring (bicyclic) bond motifs is 1. The molecule has 1 aromatic heterocycles. The number of hydrogen-bond acceptors (Lipinski definition) is 3. The van der Waals surface area contributed by atoms with E-state index in [4.69, 9.17) is 23.2 Å². The van der Waals surface area contributed by atoms with Gasteiger partial charge in [-0.25, -0.2) is 0 Å². The van der Waals surface area contributed by atoms with Crippen LogP contribution in [0.2, 0.25) is 10.0 Å². The minimum atomic E-state index is -0.427. The van der Waals surface area contributed by atoms with Gasteiger partial charge in [-0.1, -0.05) is 35.3 Å². The first-order valence-electron chi connectivity index (χ1n) is 8.22. The highest BCUT2D eigenvalue weighted by Crippen LogP contribution is 2.39. The van der Waals surface area contributed by atoms with Crippen LogP contribution in [0, 0.1) is 0 Å². The van der Waals surface area contributed by atoms with Crippen LogP contribution in [0.3, 0.4) is 0 Å². The van der Waals surface area contributed by atoms with Crippen molar-refractivity contribution >= 4 is 52.0 Å². The zero-order chi connectivity index (χ0) is 19.0. The molecule has 0 saturated carbocycles. The Morgan fingerprint density at radius 3 is 2.63 bits per heavy atom. The van der Waals surface area contributed by atoms with Gasteiger partial charge in [0.1, 0.15) is 6.54 Å². The molecule has 2 heterocycles. The number of nitrogens with one attached hydrogen (secondary N) is 1. The van der Waals surface area contributed by atoms with Crippen molar-refractivity contribution in [2.45, 2.75) is 6.04 Å². The van der Waals surface area contributed by atoms with Gasteiger partial charge in [-0.3, -0.25) is 9.59 Å². The number of rotatable bonds is 2. The number of anilines is 1. The van der Waals surface area contributed by atoms with Crippen LogP contribution in [-0.4, -0.2) is 23.3 Å². The Labute approximate surface area is 170 Å². The number of carbonyl (C=O) groups is 2. The molecule has 1 aliphatic heterocycles. The van der Waals surface area contributed by atoms with Crippen molar-refractivity contribution in [3.63, 3.8) is 0 Å². The summed E-state index contributed by atoms with van der Waals surface area (Å²) < 4.78 is 0. The van der Waals surface area contributed by atoms with Crippen LogP contribution in [0.15, 0.2) is 60.0 Å². The highest BCUT2D eigenvalue weighted by molar-refractivity contribution is 7.10. The lowest BCUT2D eigenvalue weighted by atomic mass is 10.0. The van der Waals surface area contributed by atoms with Crippen LogP contribution in [-0.2, 0) is 4.79 Å². The normalized spacial score (nSPS) is 16.4. The number of halogens is 2. The molecule has 0 fully saturated rings. The van der Waals surface area contributed by atoms with E-state index in [-0.39, 0.29) is 18.4 Å². The zero-order valence-corrected chi connectivity index (χ0v) is 16.3. The molecule has 3 aromatic rings. The smallest absolute Gasteiger partial charge is 0.255 e. The summed E-state index contributed by atoms with van der Waals surface area (Å²) in [6.45, 7) is -0.0692. The largest absolute Gasteiger partial charge is 0.324 e. The number of nitrogens with zero attached hydrogens (tertiary/aromatic N) is 1.